The average Bonchev–Trinajstić information content (AvgIpc) is 2.83. The molecule has 0 unspecified atom stereocenters. The number of nitrogens with one attached hydrogen (secondary N) is 2. The van der Waals surface area contributed by atoms with Gasteiger partial charge < -0.3 is 4.74 Å². The zero-order valence-corrected chi connectivity index (χ0v) is 18.0. The van der Waals surface area contributed by atoms with Crippen LogP contribution in [0.4, 0.5) is 0 Å². The Morgan fingerprint density at radius 3 is 1.03 bits per heavy atom. The van der Waals surface area contributed by atoms with E-state index in [2.05, 4.69) is 48.5 Å². The quantitative estimate of drug-likeness (QED) is 0.260. The SMILES string of the molecule is N=C=O.N=C=O.c1ccc(Oc2ccccc2)cc1.c1ccc(Sc2ccccc2)cc1. The van der Waals surface area contributed by atoms with Crippen molar-refractivity contribution in [3.05, 3.63) is 121 Å². The number of hydrogen-bond acceptors (Lipinski definition) is 6. The average molecular weight is 443 g/mol. The van der Waals surface area contributed by atoms with Crippen LogP contribution >= 0.6 is 11.8 Å². The van der Waals surface area contributed by atoms with Crippen molar-refractivity contribution in [1.29, 1.82) is 10.8 Å². The van der Waals surface area contributed by atoms with Crippen molar-refractivity contribution in [3.63, 3.8) is 0 Å². The Morgan fingerprint density at radius 1 is 0.500 bits per heavy atom. The van der Waals surface area contributed by atoms with Gasteiger partial charge in [0.15, 0.2) is 0 Å². The Labute approximate surface area is 191 Å². The Bertz CT molecular complexity index is 885. The molecule has 0 aliphatic carbocycles. The highest BCUT2D eigenvalue weighted by Crippen LogP contribution is 2.26. The molecular formula is C26H22N2O3S. The van der Waals surface area contributed by atoms with Gasteiger partial charge in [-0.15, -0.1) is 0 Å². The number of hydrogen-bond donors (Lipinski definition) is 2. The summed E-state index contributed by atoms with van der Waals surface area (Å²) in [5.74, 6) is 1.74. The first-order valence-electron chi connectivity index (χ1n) is 9.37. The second-order valence-corrected chi connectivity index (χ2v) is 6.81. The van der Waals surface area contributed by atoms with Crippen molar-refractivity contribution in [2.75, 3.05) is 0 Å². The summed E-state index contributed by atoms with van der Waals surface area (Å²) in [4.78, 5) is 19.3. The number of benzene rings is 4. The van der Waals surface area contributed by atoms with Crippen LogP contribution in [-0.2, 0) is 9.59 Å². The van der Waals surface area contributed by atoms with Crippen molar-refractivity contribution in [1.82, 2.24) is 0 Å². The molecule has 0 fully saturated rings. The molecule has 5 nitrogen and oxygen atoms in total. The number of rotatable bonds is 4. The van der Waals surface area contributed by atoms with E-state index in [4.69, 9.17) is 25.1 Å². The molecule has 160 valence electrons. The van der Waals surface area contributed by atoms with Gasteiger partial charge in [-0.1, -0.05) is 84.6 Å². The Morgan fingerprint density at radius 2 is 0.750 bits per heavy atom. The fourth-order valence-corrected chi connectivity index (χ4v) is 3.08. The number of carbonyl (C=O) groups excluding carboxylic acids is 2. The summed E-state index contributed by atoms with van der Waals surface area (Å²) < 4.78 is 5.58. The van der Waals surface area contributed by atoms with Crippen LogP contribution in [0, 0.1) is 10.8 Å². The molecule has 0 aliphatic rings. The van der Waals surface area contributed by atoms with Crippen LogP contribution in [-0.4, -0.2) is 12.2 Å². The van der Waals surface area contributed by atoms with Gasteiger partial charge in [0.25, 0.3) is 0 Å². The largest absolute Gasteiger partial charge is 0.457 e. The van der Waals surface area contributed by atoms with Crippen LogP contribution in [0.5, 0.6) is 11.5 Å². The van der Waals surface area contributed by atoms with E-state index in [1.807, 2.05) is 72.8 Å². The number of ether oxygens (including phenoxy) is 1. The first kappa shape index (κ1) is 25.8. The minimum absolute atomic E-state index is 0.750. The fraction of sp³-hybridized carbons (Fsp3) is 0. The van der Waals surface area contributed by atoms with E-state index in [9.17, 15) is 0 Å². The lowest BCUT2D eigenvalue weighted by Gasteiger charge is -2.03. The van der Waals surface area contributed by atoms with Crippen LogP contribution in [0.25, 0.3) is 0 Å². The summed E-state index contributed by atoms with van der Waals surface area (Å²) in [6.45, 7) is 0. The van der Waals surface area contributed by atoms with Gasteiger partial charge in [-0.3, -0.25) is 0 Å². The summed E-state index contributed by atoms with van der Waals surface area (Å²) in [5.41, 5.74) is 0. The van der Waals surface area contributed by atoms with Gasteiger partial charge in [0.05, 0.1) is 0 Å². The van der Waals surface area contributed by atoms with Gasteiger partial charge in [-0.25, -0.2) is 20.4 Å². The third-order valence-corrected chi connectivity index (χ3v) is 4.46. The van der Waals surface area contributed by atoms with Crippen LogP contribution in [0.15, 0.2) is 131 Å². The predicted octanol–water partition coefficient (Wildman–Crippen LogP) is 7.12. The van der Waals surface area contributed by atoms with Crippen molar-refractivity contribution in [2.24, 2.45) is 0 Å². The highest BCUT2D eigenvalue weighted by Gasteiger charge is 1.94. The molecular weight excluding hydrogens is 420 g/mol. The lowest BCUT2D eigenvalue weighted by atomic mass is 10.3. The maximum Gasteiger partial charge on any atom is 0.231 e. The van der Waals surface area contributed by atoms with Crippen molar-refractivity contribution in [3.8, 4) is 11.5 Å². The normalized spacial score (nSPS) is 8.38. The second kappa shape index (κ2) is 17.6. The number of para-hydroxylation sites is 2. The van der Waals surface area contributed by atoms with E-state index in [0.29, 0.717) is 0 Å². The molecule has 2 N–H and O–H groups in total. The van der Waals surface area contributed by atoms with Crippen molar-refractivity contribution >= 4 is 23.9 Å². The first-order valence-corrected chi connectivity index (χ1v) is 10.2. The molecule has 0 amide bonds. The second-order valence-electron chi connectivity index (χ2n) is 5.66. The molecule has 0 radical (unpaired) electrons. The molecule has 0 saturated heterocycles. The molecule has 0 saturated carbocycles. The van der Waals surface area contributed by atoms with E-state index in [-0.39, 0.29) is 0 Å². The van der Waals surface area contributed by atoms with Gasteiger partial charge in [0.1, 0.15) is 11.5 Å². The van der Waals surface area contributed by atoms with Crippen LogP contribution in [0.3, 0.4) is 0 Å². The zero-order valence-electron chi connectivity index (χ0n) is 17.2. The maximum atomic E-state index is 8.35. The van der Waals surface area contributed by atoms with Gasteiger partial charge >= 0.3 is 0 Å². The predicted molar refractivity (Wildman–Crippen MR) is 127 cm³/mol. The minimum atomic E-state index is 0.750. The van der Waals surface area contributed by atoms with E-state index >= 15 is 0 Å². The summed E-state index contributed by atoms with van der Waals surface area (Å²) in [6.07, 6.45) is 1.50. The highest BCUT2D eigenvalue weighted by atomic mass is 32.2. The third-order valence-electron chi connectivity index (χ3n) is 3.44. The molecule has 32 heavy (non-hydrogen) atoms. The van der Waals surface area contributed by atoms with Crippen LogP contribution in [0.2, 0.25) is 0 Å². The Balaban J connectivity index is 0.000000258. The molecule has 0 atom stereocenters. The Kier molecular flexibility index (Phi) is 14.2. The summed E-state index contributed by atoms with van der Waals surface area (Å²) in [6, 6.07) is 40.3. The van der Waals surface area contributed by atoms with Gasteiger partial charge in [-0.05, 0) is 48.5 Å². The van der Waals surface area contributed by atoms with E-state index in [0.717, 1.165) is 23.7 Å². The molecule has 4 rings (SSSR count). The third kappa shape index (κ3) is 12.4. The van der Waals surface area contributed by atoms with Gasteiger partial charge in [0.2, 0.25) is 12.2 Å². The number of isocyanates is 2. The van der Waals surface area contributed by atoms with Crippen molar-refractivity contribution < 1.29 is 14.3 Å². The molecule has 6 heteroatoms. The minimum Gasteiger partial charge on any atom is -0.457 e. The lowest BCUT2D eigenvalue weighted by Crippen LogP contribution is -1.81. The zero-order chi connectivity index (χ0) is 23.3. The fourth-order valence-electron chi connectivity index (χ4n) is 2.23. The Hall–Kier alpha value is -4.21. The van der Waals surface area contributed by atoms with E-state index < -0.39 is 0 Å². The molecule has 4 aromatic rings. The first-order chi connectivity index (χ1) is 15.7. The van der Waals surface area contributed by atoms with E-state index in [1.54, 1.807) is 11.8 Å². The van der Waals surface area contributed by atoms with Crippen LogP contribution < -0.4 is 4.74 Å². The lowest BCUT2D eigenvalue weighted by molar-refractivity contribution is 0.482. The molecule has 0 aliphatic heterocycles. The summed E-state index contributed by atoms with van der Waals surface area (Å²) in [5, 5.41) is 10.8. The summed E-state index contributed by atoms with van der Waals surface area (Å²) >= 11 is 1.79. The molecule has 0 bridgehead atoms. The summed E-state index contributed by atoms with van der Waals surface area (Å²) in [7, 11) is 0. The van der Waals surface area contributed by atoms with Gasteiger partial charge in [-0.2, -0.15) is 0 Å². The van der Waals surface area contributed by atoms with Gasteiger partial charge in [0, 0.05) is 9.79 Å². The molecule has 0 heterocycles. The topological polar surface area (TPSA) is 91.1 Å². The van der Waals surface area contributed by atoms with Crippen molar-refractivity contribution in [2.45, 2.75) is 9.79 Å². The smallest absolute Gasteiger partial charge is 0.231 e. The van der Waals surface area contributed by atoms with E-state index in [1.165, 1.54) is 9.79 Å². The highest BCUT2D eigenvalue weighted by molar-refractivity contribution is 7.99. The molecule has 0 aromatic heterocycles. The molecule has 4 aromatic carbocycles. The van der Waals surface area contributed by atoms with Crippen LogP contribution in [0.1, 0.15) is 0 Å². The monoisotopic (exact) mass is 442 g/mol. The molecule has 0 spiro atoms. The maximum absolute atomic E-state index is 8.35. The standard InChI is InChI=1S/C12H10O.C12H10S.2CHNO/c2*1-3-7-11(8-4-1)13-12-9-5-2-6-10-12;2*2-1-3/h2*1-10H;2*2H.